The molecule has 1 aromatic rings. The highest BCUT2D eigenvalue weighted by molar-refractivity contribution is 6.30. The summed E-state index contributed by atoms with van der Waals surface area (Å²) in [6, 6.07) is 7.32. The van der Waals surface area contributed by atoms with Crippen molar-refractivity contribution in [2.24, 2.45) is 23.7 Å². The molecule has 1 aliphatic heterocycles. The SMILES string of the molecule is Clc1ccc(C2OOC3(OO2)C2CC4CC(C2)CC3C4)cc1. The number of halogens is 1. The summed E-state index contributed by atoms with van der Waals surface area (Å²) in [7, 11) is 0. The molecule has 0 N–H and O–H groups in total. The first kappa shape index (κ1) is 13.8. The van der Waals surface area contributed by atoms with E-state index in [4.69, 9.17) is 31.2 Å². The van der Waals surface area contributed by atoms with Crippen LogP contribution in [0.2, 0.25) is 5.02 Å². The summed E-state index contributed by atoms with van der Waals surface area (Å²) in [5.41, 5.74) is 0.836. The quantitative estimate of drug-likeness (QED) is 0.718. The van der Waals surface area contributed by atoms with Crippen molar-refractivity contribution in [1.29, 1.82) is 0 Å². The van der Waals surface area contributed by atoms with E-state index in [1.54, 1.807) is 12.1 Å². The van der Waals surface area contributed by atoms with Crippen LogP contribution in [0.15, 0.2) is 24.3 Å². The van der Waals surface area contributed by atoms with Gasteiger partial charge in [0.25, 0.3) is 0 Å². The summed E-state index contributed by atoms with van der Waals surface area (Å²) in [5.74, 6) is 1.80. The van der Waals surface area contributed by atoms with E-state index in [1.165, 1.54) is 32.1 Å². The normalized spacial score (nSPS) is 46.3. The highest BCUT2D eigenvalue weighted by Gasteiger charge is 2.63. The van der Waals surface area contributed by atoms with E-state index in [0.29, 0.717) is 16.9 Å². The predicted molar refractivity (Wildman–Crippen MR) is 78.3 cm³/mol. The molecule has 4 saturated carbocycles. The number of rotatable bonds is 1. The second kappa shape index (κ2) is 4.92. The smallest absolute Gasteiger partial charge is 0.194 e. The van der Waals surface area contributed by atoms with Crippen LogP contribution >= 0.6 is 11.6 Å². The second-order valence-electron chi connectivity index (χ2n) is 7.27. The van der Waals surface area contributed by atoms with Crippen LogP contribution in [0.3, 0.4) is 0 Å². The van der Waals surface area contributed by atoms with Crippen LogP contribution in [-0.2, 0) is 19.6 Å². The zero-order chi connectivity index (χ0) is 14.7. The van der Waals surface area contributed by atoms with E-state index in [1.807, 2.05) is 12.1 Å². The Hall–Kier alpha value is -0.650. The summed E-state index contributed by atoms with van der Waals surface area (Å²) >= 11 is 5.91. The first-order valence-electron chi connectivity index (χ1n) is 8.17. The molecule has 4 nitrogen and oxygen atoms in total. The summed E-state index contributed by atoms with van der Waals surface area (Å²) in [4.78, 5) is 22.9. The lowest BCUT2D eigenvalue weighted by Gasteiger charge is -2.59. The van der Waals surface area contributed by atoms with Crippen molar-refractivity contribution in [2.75, 3.05) is 0 Å². The van der Waals surface area contributed by atoms with Crippen LogP contribution in [0.4, 0.5) is 0 Å². The van der Waals surface area contributed by atoms with Crippen molar-refractivity contribution in [3.05, 3.63) is 34.9 Å². The Balaban J connectivity index is 1.35. The molecule has 0 amide bonds. The highest BCUT2D eigenvalue weighted by atomic mass is 35.5. The molecule has 5 aliphatic rings. The number of hydrogen-bond donors (Lipinski definition) is 0. The third-order valence-corrected chi connectivity index (χ3v) is 6.20. The van der Waals surface area contributed by atoms with Gasteiger partial charge < -0.3 is 0 Å². The third kappa shape index (κ3) is 1.98. The van der Waals surface area contributed by atoms with Gasteiger partial charge in [-0.15, -0.1) is 0 Å². The molecule has 0 unspecified atom stereocenters. The van der Waals surface area contributed by atoms with Crippen molar-refractivity contribution < 1.29 is 19.6 Å². The Kier molecular flexibility index (Phi) is 3.08. The molecule has 6 rings (SSSR count). The van der Waals surface area contributed by atoms with Crippen LogP contribution in [0.5, 0.6) is 0 Å². The minimum Gasteiger partial charge on any atom is -0.194 e. The van der Waals surface area contributed by atoms with Gasteiger partial charge in [0.1, 0.15) is 0 Å². The Bertz CT molecular complexity index is 535. The first-order valence-corrected chi connectivity index (χ1v) is 8.55. The van der Waals surface area contributed by atoms with Crippen LogP contribution in [-0.4, -0.2) is 5.79 Å². The molecule has 0 atom stereocenters. The molecule has 1 spiro atoms. The maximum Gasteiger partial charge on any atom is 0.249 e. The Morgan fingerprint density at radius 2 is 1.36 bits per heavy atom. The lowest BCUT2D eigenvalue weighted by atomic mass is 9.53. The Labute approximate surface area is 134 Å². The van der Waals surface area contributed by atoms with Gasteiger partial charge in [-0.25, -0.2) is 0 Å². The molecule has 22 heavy (non-hydrogen) atoms. The molecule has 4 aliphatic carbocycles. The van der Waals surface area contributed by atoms with E-state index < -0.39 is 12.1 Å². The van der Waals surface area contributed by atoms with E-state index in [9.17, 15) is 0 Å². The minimum atomic E-state index is -0.684. The third-order valence-electron chi connectivity index (χ3n) is 5.95. The molecular weight excluding hydrogens is 304 g/mol. The van der Waals surface area contributed by atoms with Gasteiger partial charge in [0, 0.05) is 22.4 Å². The monoisotopic (exact) mass is 322 g/mol. The summed E-state index contributed by atoms with van der Waals surface area (Å²) in [5, 5.41) is 0.680. The highest BCUT2D eigenvalue weighted by Crippen LogP contribution is 2.61. The van der Waals surface area contributed by atoms with E-state index in [-0.39, 0.29) is 0 Å². The maximum atomic E-state index is 5.91. The van der Waals surface area contributed by atoms with E-state index in [0.717, 1.165) is 17.4 Å². The van der Waals surface area contributed by atoms with Gasteiger partial charge in [-0.1, -0.05) is 23.7 Å². The standard InChI is InChI=1S/C17H19ClO4/c18-15-3-1-12(2-4-15)16-19-21-17(22-20-16)13-6-10-5-11(8-13)9-14(17)7-10/h1-4,10-11,13-14,16H,5-9H2. The van der Waals surface area contributed by atoms with Gasteiger partial charge in [-0.2, -0.15) is 19.6 Å². The zero-order valence-corrected chi connectivity index (χ0v) is 13.0. The molecule has 118 valence electrons. The number of benzene rings is 1. The fraction of sp³-hybridized carbons (Fsp3) is 0.647. The Morgan fingerprint density at radius 1 is 0.818 bits per heavy atom. The van der Waals surface area contributed by atoms with E-state index in [2.05, 4.69) is 0 Å². The van der Waals surface area contributed by atoms with Crippen LogP contribution < -0.4 is 0 Å². The number of hydrogen-bond acceptors (Lipinski definition) is 4. The topological polar surface area (TPSA) is 36.9 Å². The average molecular weight is 323 g/mol. The molecule has 5 fully saturated rings. The first-order chi connectivity index (χ1) is 10.7. The van der Waals surface area contributed by atoms with Gasteiger partial charge in [0.15, 0.2) is 0 Å². The van der Waals surface area contributed by atoms with Gasteiger partial charge in [-0.05, 0) is 56.1 Å². The molecule has 1 saturated heterocycles. The minimum absolute atomic E-state index is 0.398. The van der Waals surface area contributed by atoms with Gasteiger partial charge in [0.2, 0.25) is 12.1 Å². The lowest BCUT2D eigenvalue weighted by Crippen LogP contribution is -2.62. The molecule has 5 heteroatoms. The van der Waals surface area contributed by atoms with Crippen LogP contribution in [0, 0.1) is 23.7 Å². The largest absolute Gasteiger partial charge is 0.249 e. The fourth-order valence-electron chi connectivity index (χ4n) is 5.11. The lowest BCUT2D eigenvalue weighted by molar-refractivity contribution is -0.654. The maximum absolute atomic E-state index is 5.91. The second-order valence-corrected chi connectivity index (χ2v) is 7.70. The van der Waals surface area contributed by atoms with Crippen molar-refractivity contribution in [3.8, 4) is 0 Å². The molecule has 0 radical (unpaired) electrons. The molecular formula is C17H19ClO4. The summed E-state index contributed by atoms with van der Waals surface area (Å²) in [6.07, 6.45) is 5.42. The van der Waals surface area contributed by atoms with Gasteiger partial charge >= 0.3 is 0 Å². The molecule has 1 heterocycles. The molecule has 4 bridgehead atoms. The van der Waals surface area contributed by atoms with Crippen LogP contribution in [0.25, 0.3) is 0 Å². The van der Waals surface area contributed by atoms with Crippen molar-refractivity contribution in [3.63, 3.8) is 0 Å². The predicted octanol–water partition coefficient (Wildman–Crippen LogP) is 4.40. The van der Waals surface area contributed by atoms with Crippen molar-refractivity contribution >= 4 is 11.6 Å². The van der Waals surface area contributed by atoms with Gasteiger partial charge in [-0.3, -0.25) is 0 Å². The fourth-order valence-corrected chi connectivity index (χ4v) is 5.24. The molecule has 0 aromatic heterocycles. The summed E-state index contributed by atoms with van der Waals surface area (Å²) < 4.78 is 0. The summed E-state index contributed by atoms with van der Waals surface area (Å²) in [6.45, 7) is 0. The van der Waals surface area contributed by atoms with E-state index >= 15 is 0 Å². The van der Waals surface area contributed by atoms with Crippen LogP contribution in [0.1, 0.15) is 44.0 Å². The average Bonchev–Trinajstić information content (AvgIpc) is 2.53. The zero-order valence-electron chi connectivity index (χ0n) is 12.2. The molecule has 1 aromatic carbocycles. The Morgan fingerprint density at radius 3 is 1.91 bits per heavy atom. The van der Waals surface area contributed by atoms with Gasteiger partial charge in [0.05, 0.1) is 0 Å². The van der Waals surface area contributed by atoms with Crippen molar-refractivity contribution in [2.45, 2.75) is 44.2 Å². The van der Waals surface area contributed by atoms with Crippen molar-refractivity contribution in [1.82, 2.24) is 0 Å².